The maximum Gasteiger partial charge on any atom is 0 e. The van der Waals surface area contributed by atoms with Crippen LogP contribution in [0.5, 0.6) is 0 Å². The minimum Gasteiger partial charge on any atom is -0.353 e. The molecule has 2 heteroatoms. The monoisotopic (exact) mass is 393 g/mol. The van der Waals surface area contributed by atoms with Crippen molar-refractivity contribution in [2.45, 2.75) is 20.8 Å². The summed E-state index contributed by atoms with van der Waals surface area (Å²) in [4.78, 5) is 0. The first-order chi connectivity index (χ1) is 4.61. The Morgan fingerprint density at radius 3 is 1.91 bits per heavy atom. The van der Waals surface area contributed by atoms with Crippen molar-refractivity contribution in [1.29, 1.82) is 0 Å². The predicted octanol–water partition coefficient (Wildman–Crippen LogP) is 2.21. The van der Waals surface area contributed by atoms with Gasteiger partial charge in [-0.25, -0.2) is 0 Å². The molecule has 0 spiro atoms. The van der Waals surface area contributed by atoms with E-state index in [1.54, 1.807) is 0 Å². The summed E-state index contributed by atoms with van der Waals surface area (Å²) in [6.07, 6.45) is 0. The average molecular weight is 393 g/mol. The van der Waals surface area contributed by atoms with E-state index in [1.165, 1.54) is 0 Å². The van der Waals surface area contributed by atoms with Crippen LogP contribution in [0.1, 0.15) is 18.1 Å². The van der Waals surface area contributed by atoms with Crippen molar-refractivity contribution >= 4 is 0 Å². The minimum absolute atomic E-state index is 0. The summed E-state index contributed by atoms with van der Waals surface area (Å²) in [7, 11) is 0. The molecule has 1 rings (SSSR count). The van der Waals surface area contributed by atoms with E-state index < -0.39 is 0 Å². The SMILES string of the molecule is [3H]c1c(C)[c-]c(C)[c-]c1C.[W].[Y]. The van der Waals surface area contributed by atoms with Gasteiger partial charge in [-0.2, -0.15) is 0 Å². The van der Waals surface area contributed by atoms with E-state index in [0.717, 1.165) is 16.7 Å². The van der Waals surface area contributed by atoms with Crippen molar-refractivity contribution in [1.82, 2.24) is 0 Å². The Hall–Kier alpha value is 1.01. The van der Waals surface area contributed by atoms with E-state index in [9.17, 15) is 0 Å². The van der Waals surface area contributed by atoms with E-state index in [-0.39, 0.29) is 53.8 Å². The standard InChI is InChI=1S/C9H10.W.Y/c1-7-4-8(2)6-9(3)5-7;;/h4H,1-3H3;;/q-2;;/i4T;;. The van der Waals surface area contributed by atoms with Gasteiger partial charge in [0.15, 0.2) is 0 Å². The van der Waals surface area contributed by atoms with Crippen molar-refractivity contribution in [2.75, 3.05) is 0 Å². The Morgan fingerprint density at radius 2 is 1.55 bits per heavy atom. The third kappa shape index (κ3) is 5.28. The largest absolute Gasteiger partial charge is 0.353 e. The van der Waals surface area contributed by atoms with E-state index in [4.69, 9.17) is 1.37 Å². The van der Waals surface area contributed by atoms with Crippen LogP contribution in [0.25, 0.3) is 0 Å². The van der Waals surface area contributed by atoms with Gasteiger partial charge in [-0.1, -0.05) is 20.8 Å². The van der Waals surface area contributed by atoms with Gasteiger partial charge >= 0.3 is 0 Å². The zero-order valence-corrected chi connectivity index (χ0v) is 12.8. The van der Waals surface area contributed by atoms with Gasteiger partial charge in [0, 0.05) is 53.8 Å². The molecule has 1 aromatic carbocycles. The Labute approximate surface area is 110 Å². The summed E-state index contributed by atoms with van der Waals surface area (Å²) in [5.41, 5.74) is 2.81. The quantitative estimate of drug-likeness (QED) is 0.594. The number of benzene rings is 1. The van der Waals surface area contributed by atoms with Crippen molar-refractivity contribution in [3.05, 3.63) is 34.9 Å². The van der Waals surface area contributed by atoms with Crippen LogP contribution in [0.4, 0.5) is 0 Å². The van der Waals surface area contributed by atoms with Crippen LogP contribution in [0.3, 0.4) is 0 Å². The zero-order valence-electron chi connectivity index (χ0n) is 7.99. The van der Waals surface area contributed by atoms with Crippen molar-refractivity contribution in [3.8, 4) is 0 Å². The normalized spacial score (nSPS) is 9.18. The maximum absolute atomic E-state index is 7.48. The van der Waals surface area contributed by atoms with E-state index in [2.05, 4.69) is 12.1 Å². The average Bonchev–Trinajstić information content (AvgIpc) is 1.82. The second kappa shape index (κ2) is 6.52. The Kier molecular flexibility index (Phi) is 7.12. The summed E-state index contributed by atoms with van der Waals surface area (Å²) < 4.78 is 7.48. The minimum atomic E-state index is 0. The second-order valence-corrected chi connectivity index (χ2v) is 2.25. The molecule has 1 aromatic rings. The first-order valence-corrected chi connectivity index (χ1v) is 3.00. The molecular weight excluding hydrogens is 381 g/mol. The van der Waals surface area contributed by atoms with Crippen LogP contribution in [0.15, 0.2) is 6.04 Å². The molecule has 1 radical (unpaired) electrons. The fraction of sp³-hybridized carbons (Fsp3) is 0.333. The van der Waals surface area contributed by atoms with Gasteiger partial charge in [0.2, 0.25) is 0 Å². The molecule has 0 saturated heterocycles. The number of hydrogen-bond donors (Lipinski definition) is 0. The molecule has 0 fully saturated rings. The van der Waals surface area contributed by atoms with Crippen molar-refractivity contribution in [2.24, 2.45) is 0 Å². The first-order valence-electron chi connectivity index (χ1n) is 3.50. The van der Waals surface area contributed by atoms with Crippen LogP contribution in [0, 0.1) is 32.9 Å². The van der Waals surface area contributed by atoms with Gasteiger partial charge in [-0.3, -0.25) is 22.7 Å². The molecule has 0 aromatic heterocycles. The molecule has 11 heavy (non-hydrogen) atoms. The van der Waals surface area contributed by atoms with Crippen LogP contribution in [-0.2, 0) is 53.8 Å². The van der Waals surface area contributed by atoms with Gasteiger partial charge in [-0.05, 0) is 0 Å². The van der Waals surface area contributed by atoms with Gasteiger partial charge in [0.1, 0.15) is 0 Å². The Morgan fingerprint density at radius 1 is 1.18 bits per heavy atom. The summed E-state index contributed by atoms with van der Waals surface area (Å²) in [6, 6.07) is 6.63. The molecule has 0 unspecified atom stereocenters. The van der Waals surface area contributed by atoms with Crippen LogP contribution < -0.4 is 0 Å². The molecule has 0 nitrogen and oxygen atoms in total. The second-order valence-electron chi connectivity index (χ2n) is 2.25. The molecule has 0 N–H and O–H groups in total. The maximum atomic E-state index is 7.48. The summed E-state index contributed by atoms with van der Waals surface area (Å²) in [5, 5.41) is 0. The van der Waals surface area contributed by atoms with Crippen LogP contribution >= 0.6 is 0 Å². The molecule has 0 amide bonds. The van der Waals surface area contributed by atoms with Crippen LogP contribution in [-0.4, -0.2) is 0 Å². The fourth-order valence-corrected chi connectivity index (χ4v) is 0.938. The Bertz CT molecular complexity index is 238. The smallest absolute Gasteiger partial charge is 0 e. The van der Waals surface area contributed by atoms with Gasteiger partial charge in [-0.15, -0.1) is 1.37 Å². The van der Waals surface area contributed by atoms with E-state index in [1.807, 2.05) is 20.8 Å². The predicted molar refractivity (Wildman–Crippen MR) is 38.3 cm³/mol. The molecule has 0 heterocycles. The summed E-state index contributed by atoms with van der Waals surface area (Å²) in [6.45, 7) is 5.74. The first kappa shape index (κ1) is 12.0. The molecule has 0 aliphatic carbocycles. The molecule has 0 atom stereocenters. The molecule has 57 valence electrons. The van der Waals surface area contributed by atoms with Gasteiger partial charge < -0.3 is 12.1 Å². The fourth-order valence-electron chi connectivity index (χ4n) is 0.938. The van der Waals surface area contributed by atoms with E-state index >= 15 is 0 Å². The molecule has 0 aliphatic heterocycles. The third-order valence-corrected chi connectivity index (χ3v) is 1.12. The molecule has 0 saturated carbocycles. The zero-order chi connectivity index (χ0) is 7.72. The van der Waals surface area contributed by atoms with E-state index in [0.29, 0.717) is 6.04 Å². The van der Waals surface area contributed by atoms with Crippen LogP contribution in [0.2, 0.25) is 0 Å². The summed E-state index contributed by atoms with van der Waals surface area (Å²) in [5.74, 6) is 0. The number of hydrogen-bond acceptors (Lipinski definition) is 0. The Balaban J connectivity index is 0. The molecule has 0 aliphatic rings. The third-order valence-electron chi connectivity index (χ3n) is 1.12. The van der Waals surface area contributed by atoms with Crippen molar-refractivity contribution < 1.29 is 55.1 Å². The number of aryl methyl sites for hydroxylation is 3. The number of rotatable bonds is 0. The topological polar surface area (TPSA) is 0 Å². The van der Waals surface area contributed by atoms with Gasteiger partial charge in [0.05, 0.1) is 0 Å². The molecule has 0 bridgehead atoms. The van der Waals surface area contributed by atoms with Crippen molar-refractivity contribution in [3.63, 3.8) is 0 Å². The molecular formula is C9H10WY-2. The summed E-state index contributed by atoms with van der Waals surface area (Å²) >= 11 is 0. The van der Waals surface area contributed by atoms with Gasteiger partial charge in [0.25, 0.3) is 0 Å².